The van der Waals surface area contributed by atoms with Crippen LogP contribution in [0.4, 0.5) is 0 Å². The van der Waals surface area contributed by atoms with Gasteiger partial charge in [-0.15, -0.1) is 0 Å². The second-order valence-electron chi connectivity index (χ2n) is 8.75. The van der Waals surface area contributed by atoms with Crippen LogP contribution in [-0.4, -0.2) is 52.7 Å². The van der Waals surface area contributed by atoms with Crippen molar-refractivity contribution in [1.29, 1.82) is 0 Å². The van der Waals surface area contributed by atoms with E-state index in [4.69, 9.17) is 9.16 Å². The summed E-state index contributed by atoms with van der Waals surface area (Å²) in [5.41, 5.74) is 0. The van der Waals surface area contributed by atoms with Crippen LogP contribution in [0.25, 0.3) is 0 Å². The number of nitro groups is 1. The number of nitrogens with zero attached hydrogens (tertiary/aromatic N) is 1. The summed E-state index contributed by atoms with van der Waals surface area (Å²) in [4.78, 5) is 22.0. The van der Waals surface area contributed by atoms with E-state index in [-0.39, 0.29) is 31.2 Å². The third-order valence-corrected chi connectivity index (χ3v) is 10.4. The van der Waals surface area contributed by atoms with Crippen molar-refractivity contribution in [2.75, 3.05) is 33.5 Å². The summed E-state index contributed by atoms with van der Waals surface area (Å²) in [7, 11) is -1.38. The molecule has 0 N–H and O–H groups in total. The summed E-state index contributed by atoms with van der Waals surface area (Å²) in [6, 6.07) is 20.6. The molecular formula is C24H33NO6Si. The lowest BCUT2D eigenvalue weighted by atomic mass is 10.1. The summed E-state index contributed by atoms with van der Waals surface area (Å²) in [5, 5.41) is 13.1. The van der Waals surface area contributed by atoms with Gasteiger partial charge in [0, 0.05) is 4.92 Å². The van der Waals surface area contributed by atoms with Crippen molar-refractivity contribution in [2.24, 2.45) is 5.92 Å². The van der Waals surface area contributed by atoms with Crippen LogP contribution < -0.4 is 10.4 Å². The Hall–Kier alpha value is -2.55. The maximum absolute atomic E-state index is 11.5. The van der Waals surface area contributed by atoms with Crippen molar-refractivity contribution in [3.05, 3.63) is 70.8 Å². The van der Waals surface area contributed by atoms with E-state index in [1.54, 1.807) is 0 Å². The lowest BCUT2D eigenvalue weighted by molar-refractivity contribution is -0.489. The van der Waals surface area contributed by atoms with Crippen LogP contribution in [0.3, 0.4) is 0 Å². The van der Waals surface area contributed by atoms with E-state index < -0.39 is 25.1 Å². The standard InChI is InChI=1S/C24H33NO6Si/c1-24(2,3)32(21-11-7-5-8-12-21,22-13-9-6-10-14-22)31-16-15-30-19-20(18-25(27)28)17-23(26)29-4/h5-14,20H,15-19H2,1-4H3. The number of hydrogen-bond donors (Lipinski definition) is 0. The van der Waals surface area contributed by atoms with E-state index in [2.05, 4.69) is 49.8 Å². The largest absolute Gasteiger partial charge is 0.469 e. The number of methoxy groups -OCH3 is 1. The summed E-state index contributed by atoms with van der Waals surface area (Å²) in [6.45, 7) is 6.97. The van der Waals surface area contributed by atoms with Gasteiger partial charge in [-0.1, -0.05) is 81.4 Å². The summed E-state index contributed by atoms with van der Waals surface area (Å²) >= 11 is 0. The molecule has 0 saturated carbocycles. The van der Waals surface area contributed by atoms with Crippen LogP contribution in [0.2, 0.25) is 5.04 Å². The molecule has 0 bridgehead atoms. The second kappa shape index (κ2) is 11.9. The number of rotatable bonds is 12. The lowest BCUT2D eigenvalue weighted by Crippen LogP contribution is -2.66. The zero-order valence-electron chi connectivity index (χ0n) is 19.3. The molecular weight excluding hydrogens is 426 g/mol. The predicted octanol–water partition coefficient (Wildman–Crippen LogP) is 3.04. The fraction of sp³-hybridized carbons (Fsp3) is 0.458. The molecule has 2 rings (SSSR count). The molecule has 2 aromatic carbocycles. The maximum atomic E-state index is 11.5. The Balaban J connectivity index is 2.14. The third-order valence-electron chi connectivity index (χ3n) is 5.41. The molecule has 2 aromatic rings. The predicted molar refractivity (Wildman–Crippen MR) is 126 cm³/mol. The lowest BCUT2D eigenvalue weighted by Gasteiger charge is -2.43. The van der Waals surface area contributed by atoms with E-state index >= 15 is 0 Å². The number of hydrogen-bond acceptors (Lipinski definition) is 6. The molecule has 0 fully saturated rings. The van der Waals surface area contributed by atoms with Crippen LogP contribution in [0, 0.1) is 16.0 Å². The van der Waals surface area contributed by atoms with Crippen molar-refractivity contribution in [3.8, 4) is 0 Å². The van der Waals surface area contributed by atoms with Gasteiger partial charge in [-0.2, -0.15) is 0 Å². The van der Waals surface area contributed by atoms with Crippen LogP contribution in [-0.2, 0) is 18.7 Å². The van der Waals surface area contributed by atoms with E-state index in [1.165, 1.54) is 17.5 Å². The highest BCUT2D eigenvalue weighted by Gasteiger charge is 2.50. The van der Waals surface area contributed by atoms with Gasteiger partial charge in [-0.25, -0.2) is 0 Å². The van der Waals surface area contributed by atoms with Crippen molar-refractivity contribution in [2.45, 2.75) is 32.2 Å². The van der Waals surface area contributed by atoms with Crippen molar-refractivity contribution < 1.29 is 23.6 Å². The van der Waals surface area contributed by atoms with Crippen molar-refractivity contribution >= 4 is 24.7 Å². The molecule has 174 valence electrons. The molecule has 0 heterocycles. The molecule has 0 aliphatic carbocycles. The molecule has 0 spiro atoms. The first-order valence-corrected chi connectivity index (χ1v) is 12.6. The topological polar surface area (TPSA) is 87.9 Å². The number of carbonyl (C=O) groups excluding carboxylic acids is 1. The summed E-state index contributed by atoms with van der Waals surface area (Å²) in [5.74, 6) is -1.02. The molecule has 0 radical (unpaired) electrons. The van der Waals surface area contributed by atoms with Gasteiger partial charge in [0.2, 0.25) is 6.54 Å². The number of benzene rings is 2. The quantitative estimate of drug-likeness (QED) is 0.159. The zero-order chi connectivity index (χ0) is 23.6. The van der Waals surface area contributed by atoms with E-state index in [9.17, 15) is 14.9 Å². The van der Waals surface area contributed by atoms with Gasteiger partial charge >= 0.3 is 5.97 Å². The first kappa shape index (κ1) is 25.7. The minimum atomic E-state index is -2.65. The Morgan fingerprint density at radius 1 is 1.00 bits per heavy atom. The second-order valence-corrected chi connectivity index (χ2v) is 13.1. The molecule has 1 atom stereocenters. The third kappa shape index (κ3) is 6.72. The fourth-order valence-electron chi connectivity index (χ4n) is 3.97. The highest BCUT2D eigenvalue weighted by Crippen LogP contribution is 2.36. The SMILES string of the molecule is COC(=O)CC(COCCO[Si](c1ccccc1)(c1ccccc1)C(C)(C)C)C[N+](=O)[O-]. The Labute approximate surface area is 191 Å². The van der Waals surface area contributed by atoms with Crippen molar-refractivity contribution in [1.82, 2.24) is 0 Å². The first-order chi connectivity index (χ1) is 15.2. The Morgan fingerprint density at radius 3 is 1.97 bits per heavy atom. The minimum Gasteiger partial charge on any atom is -0.469 e. The van der Waals surface area contributed by atoms with E-state index in [1.807, 2.05) is 36.4 Å². The highest BCUT2D eigenvalue weighted by atomic mass is 28.4. The molecule has 0 aliphatic heterocycles. The van der Waals surface area contributed by atoms with Crippen LogP contribution in [0.15, 0.2) is 60.7 Å². The number of ether oxygens (including phenoxy) is 2. The van der Waals surface area contributed by atoms with Crippen LogP contribution >= 0.6 is 0 Å². The van der Waals surface area contributed by atoms with Gasteiger partial charge in [-0.05, 0) is 15.4 Å². The molecule has 32 heavy (non-hydrogen) atoms. The Morgan fingerprint density at radius 2 is 1.53 bits per heavy atom. The fourth-order valence-corrected chi connectivity index (χ4v) is 8.52. The smallest absolute Gasteiger partial charge is 0.306 e. The first-order valence-electron chi connectivity index (χ1n) is 10.7. The Bertz CT molecular complexity index is 814. The van der Waals surface area contributed by atoms with Gasteiger partial charge in [0.05, 0.1) is 39.3 Å². The maximum Gasteiger partial charge on any atom is 0.306 e. The molecule has 0 amide bonds. The van der Waals surface area contributed by atoms with E-state index in [0.29, 0.717) is 6.61 Å². The molecule has 0 saturated heterocycles. The number of esters is 1. The molecule has 7 nitrogen and oxygen atoms in total. The molecule has 0 aromatic heterocycles. The monoisotopic (exact) mass is 459 g/mol. The average molecular weight is 460 g/mol. The van der Waals surface area contributed by atoms with Gasteiger partial charge in [0.1, 0.15) is 0 Å². The van der Waals surface area contributed by atoms with Crippen LogP contribution in [0.1, 0.15) is 27.2 Å². The molecule has 1 unspecified atom stereocenters. The summed E-state index contributed by atoms with van der Waals surface area (Å²) < 4.78 is 17.1. The normalized spacial score (nSPS) is 12.9. The Kier molecular flexibility index (Phi) is 9.55. The van der Waals surface area contributed by atoms with Gasteiger partial charge in [0.25, 0.3) is 8.32 Å². The van der Waals surface area contributed by atoms with Crippen LogP contribution in [0.5, 0.6) is 0 Å². The number of carbonyl (C=O) groups is 1. The van der Waals surface area contributed by atoms with Gasteiger partial charge < -0.3 is 13.9 Å². The van der Waals surface area contributed by atoms with Gasteiger partial charge in [-0.3, -0.25) is 14.9 Å². The van der Waals surface area contributed by atoms with Crippen molar-refractivity contribution in [3.63, 3.8) is 0 Å². The minimum absolute atomic E-state index is 0.0486. The van der Waals surface area contributed by atoms with E-state index in [0.717, 1.165) is 0 Å². The average Bonchev–Trinajstić information content (AvgIpc) is 2.76. The highest BCUT2D eigenvalue weighted by molar-refractivity contribution is 6.99. The molecule has 8 heteroatoms. The molecule has 0 aliphatic rings. The summed E-state index contributed by atoms with van der Waals surface area (Å²) in [6.07, 6.45) is -0.0486. The van der Waals surface area contributed by atoms with Gasteiger partial charge in [0.15, 0.2) is 0 Å². The zero-order valence-corrected chi connectivity index (χ0v) is 20.3.